The molecule has 0 bridgehead atoms. The Hall–Kier alpha value is -1.96. The number of aromatic hydroxyl groups is 2. The maximum Gasteiger partial charge on any atom is 0.127 e. The van der Waals surface area contributed by atoms with Gasteiger partial charge in [-0.3, -0.25) is 0 Å². The van der Waals surface area contributed by atoms with E-state index >= 15 is 0 Å². The zero-order valence-corrected chi connectivity index (χ0v) is 16.2. The normalized spacial score (nSPS) is 12.5. The van der Waals surface area contributed by atoms with Gasteiger partial charge in [0.1, 0.15) is 11.5 Å². The molecule has 2 aromatic carbocycles. The van der Waals surface area contributed by atoms with E-state index in [1.54, 1.807) is 0 Å². The zero-order valence-electron chi connectivity index (χ0n) is 16.2. The summed E-state index contributed by atoms with van der Waals surface area (Å²) in [5.74, 6) is 0.516. The Morgan fingerprint density at radius 3 is 1.17 bits per heavy atom. The predicted octanol–water partition coefficient (Wildman–Crippen LogP) is 6.47. The fourth-order valence-corrected chi connectivity index (χ4v) is 3.11. The summed E-state index contributed by atoms with van der Waals surface area (Å²) in [5, 5.41) is 21.8. The monoisotopic (exact) mass is 330 g/mol. The van der Waals surface area contributed by atoms with Crippen molar-refractivity contribution in [3.8, 4) is 22.6 Å². The van der Waals surface area contributed by atoms with Crippen molar-refractivity contribution in [2.75, 3.05) is 0 Å². The predicted molar refractivity (Wildman–Crippen MR) is 106 cm³/mol. The minimum Gasteiger partial charge on any atom is -0.507 e. The van der Waals surface area contributed by atoms with Crippen molar-refractivity contribution in [2.45, 2.75) is 66.2 Å². The van der Waals surface area contributed by atoms with E-state index in [1.165, 1.54) is 0 Å². The van der Waals surface area contributed by atoms with Crippen molar-refractivity contribution in [3.63, 3.8) is 0 Å². The molecule has 0 spiro atoms. The van der Waals surface area contributed by atoms with Crippen LogP contribution in [0.15, 0.2) is 24.3 Å². The lowest BCUT2D eigenvalue weighted by molar-refractivity contribution is 0.440. The molecular weight excluding hydrogens is 296 g/mol. The highest BCUT2D eigenvalue weighted by Crippen LogP contribution is 2.45. The van der Waals surface area contributed by atoms with Gasteiger partial charge in [-0.25, -0.2) is 0 Å². The molecule has 2 aromatic rings. The maximum atomic E-state index is 10.9. The molecule has 0 saturated carbocycles. The van der Waals surface area contributed by atoms with Crippen molar-refractivity contribution >= 4 is 0 Å². The number of aryl methyl sites for hydroxylation is 2. The van der Waals surface area contributed by atoms with E-state index < -0.39 is 0 Å². The molecule has 2 nitrogen and oxygen atoms in total. The molecule has 24 heavy (non-hydrogen) atoms. The van der Waals surface area contributed by atoms with Crippen LogP contribution in [0.4, 0.5) is 0 Å². The summed E-state index contributed by atoms with van der Waals surface area (Å²) in [6.07, 6.45) is 0. The van der Waals surface area contributed by atoms with Crippen LogP contribution in [0.2, 0.25) is 0 Å². The summed E-state index contributed by atoms with van der Waals surface area (Å²) in [5.41, 5.74) is 5.01. The van der Waals surface area contributed by atoms with Gasteiger partial charge in [-0.15, -0.1) is 0 Å². The number of rotatable bonds is 1. The molecule has 0 atom stereocenters. The van der Waals surface area contributed by atoms with Crippen LogP contribution < -0.4 is 0 Å². The molecule has 0 aliphatic heterocycles. The fourth-order valence-electron chi connectivity index (χ4n) is 3.11. The van der Waals surface area contributed by atoms with Crippen LogP contribution in [-0.2, 0) is 10.8 Å². The zero-order chi connectivity index (χ0) is 18.4. The minimum atomic E-state index is -0.169. The Morgan fingerprint density at radius 1 is 0.625 bits per heavy atom. The first-order chi connectivity index (χ1) is 10.8. The molecule has 2 rings (SSSR count). The van der Waals surface area contributed by atoms with Gasteiger partial charge >= 0.3 is 0 Å². The first-order valence-corrected chi connectivity index (χ1v) is 8.51. The molecule has 0 heterocycles. The van der Waals surface area contributed by atoms with E-state index in [1.807, 2.05) is 38.1 Å². The lowest BCUT2D eigenvalue weighted by Gasteiger charge is -2.25. The minimum absolute atomic E-state index is 0. The molecular formula is C22H34O2. The molecule has 0 amide bonds. The molecule has 0 aliphatic carbocycles. The van der Waals surface area contributed by atoms with E-state index in [2.05, 4.69) is 41.5 Å². The third kappa shape index (κ3) is 3.43. The van der Waals surface area contributed by atoms with Crippen LogP contribution in [0.1, 0.15) is 66.6 Å². The molecule has 0 aromatic heterocycles. The van der Waals surface area contributed by atoms with E-state index in [-0.39, 0.29) is 25.2 Å². The molecule has 134 valence electrons. The summed E-state index contributed by atoms with van der Waals surface area (Å²) >= 11 is 0. The number of phenols is 2. The van der Waals surface area contributed by atoms with Gasteiger partial charge in [-0.1, -0.05) is 53.7 Å². The standard InChI is InChI=1S/C22H30O2.2H2/c1-13-9-15(19(23)17(11-13)21(3,4)5)16-10-14(2)12-18(20(16)24)22(6,7)8;;/h9-12,23-24H,1-8H3;2*1H. The lowest BCUT2D eigenvalue weighted by Crippen LogP contribution is -2.13. The average molecular weight is 331 g/mol. The lowest BCUT2D eigenvalue weighted by atomic mass is 9.80. The van der Waals surface area contributed by atoms with Crippen molar-refractivity contribution in [2.24, 2.45) is 0 Å². The number of phenolic OH excluding ortho intramolecular Hbond substituents is 2. The average Bonchev–Trinajstić information content (AvgIpc) is 2.41. The molecule has 0 radical (unpaired) electrons. The van der Waals surface area contributed by atoms with Crippen molar-refractivity contribution in [3.05, 3.63) is 46.5 Å². The molecule has 0 unspecified atom stereocenters. The summed E-state index contributed by atoms with van der Waals surface area (Å²) < 4.78 is 0. The summed E-state index contributed by atoms with van der Waals surface area (Å²) in [6.45, 7) is 16.6. The van der Waals surface area contributed by atoms with Crippen LogP contribution in [0.3, 0.4) is 0 Å². The highest BCUT2D eigenvalue weighted by atomic mass is 16.3. The Bertz CT molecular complexity index is 715. The second kappa shape index (κ2) is 5.84. The third-order valence-electron chi connectivity index (χ3n) is 4.41. The Balaban J connectivity index is 0.00000312. The summed E-state index contributed by atoms with van der Waals surface area (Å²) in [7, 11) is 0. The molecule has 2 N–H and O–H groups in total. The quantitative estimate of drug-likeness (QED) is 0.629. The van der Waals surface area contributed by atoms with E-state index in [0.29, 0.717) is 11.1 Å². The van der Waals surface area contributed by atoms with E-state index in [0.717, 1.165) is 22.3 Å². The van der Waals surface area contributed by atoms with Crippen molar-refractivity contribution in [1.82, 2.24) is 0 Å². The van der Waals surface area contributed by atoms with Gasteiger partial charge in [0.15, 0.2) is 0 Å². The topological polar surface area (TPSA) is 40.5 Å². The smallest absolute Gasteiger partial charge is 0.127 e. The third-order valence-corrected chi connectivity index (χ3v) is 4.41. The Kier molecular flexibility index (Phi) is 4.47. The van der Waals surface area contributed by atoms with Crippen LogP contribution >= 0.6 is 0 Å². The van der Waals surface area contributed by atoms with Gasteiger partial charge in [0.2, 0.25) is 0 Å². The van der Waals surface area contributed by atoms with Crippen molar-refractivity contribution in [1.29, 1.82) is 0 Å². The molecule has 0 fully saturated rings. The molecule has 0 saturated heterocycles. The first-order valence-electron chi connectivity index (χ1n) is 8.51. The first kappa shape index (κ1) is 18.4. The van der Waals surface area contributed by atoms with Crippen LogP contribution in [-0.4, -0.2) is 10.2 Å². The van der Waals surface area contributed by atoms with Gasteiger partial charge in [-0.05, 0) is 47.9 Å². The second-order valence-electron chi connectivity index (χ2n) is 8.92. The number of hydrogen-bond acceptors (Lipinski definition) is 2. The van der Waals surface area contributed by atoms with Gasteiger partial charge < -0.3 is 10.2 Å². The van der Waals surface area contributed by atoms with E-state index in [9.17, 15) is 10.2 Å². The van der Waals surface area contributed by atoms with Gasteiger partial charge in [0.05, 0.1) is 0 Å². The van der Waals surface area contributed by atoms with Crippen LogP contribution in [0, 0.1) is 13.8 Å². The fraction of sp³-hybridized carbons (Fsp3) is 0.455. The second-order valence-corrected chi connectivity index (χ2v) is 8.92. The molecule has 0 aliphatic rings. The van der Waals surface area contributed by atoms with Crippen molar-refractivity contribution < 1.29 is 13.1 Å². The Morgan fingerprint density at radius 2 is 0.917 bits per heavy atom. The van der Waals surface area contributed by atoms with E-state index in [4.69, 9.17) is 0 Å². The summed E-state index contributed by atoms with van der Waals surface area (Å²) in [4.78, 5) is 0. The number of benzene rings is 2. The summed E-state index contributed by atoms with van der Waals surface area (Å²) in [6, 6.07) is 7.95. The van der Waals surface area contributed by atoms with Crippen LogP contribution in [0.5, 0.6) is 11.5 Å². The SMILES string of the molecule is Cc1cc(-c2cc(C)cc(C(C)(C)C)c2O)c(O)c(C(C)(C)C)c1.[HH].[HH]. The highest BCUT2D eigenvalue weighted by Gasteiger charge is 2.25. The maximum absolute atomic E-state index is 10.9. The molecule has 2 heteroatoms. The largest absolute Gasteiger partial charge is 0.507 e. The van der Waals surface area contributed by atoms with Gasteiger partial charge in [-0.2, -0.15) is 0 Å². The Labute approximate surface area is 149 Å². The number of hydrogen-bond donors (Lipinski definition) is 2. The van der Waals surface area contributed by atoms with Gasteiger partial charge in [0, 0.05) is 25.1 Å². The van der Waals surface area contributed by atoms with Gasteiger partial charge in [0.25, 0.3) is 0 Å². The van der Waals surface area contributed by atoms with Crippen LogP contribution in [0.25, 0.3) is 11.1 Å². The highest BCUT2D eigenvalue weighted by molar-refractivity contribution is 5.79.